The first-order valence-electron chi connectivity index (χ1n) is 4.33. The summed E-state index contributed by atoms with van der Waals surface area (Å²) < 4.78 is 0. The maximum Gasteiger partial charge on any atom is 0.249 e. The number of aromatic nitrogens is 1. The normalized spacial score (nSPS) is 10.4. The van der Waals surface area contributed by atoms with E-state index in [0.29, 0.717) is 12.4 Å². The average molecular weight is 191 g/mol. The first kappa shape index (κ1) is 10.4. The van der Waals surface area contributed by atoms with E-state index in [1.54, 1.807) is 12.3 Å². The lowest BCUT2D eigenvalue weighted by molar-refractivity contribution is -0.111. The minimum absolute atomic E-state index is 0.211. The fourth-order valence-corrected chi connectivity index (χ4v) is 0.950. The molecule has 0 aliphatic rings. The Morgan fingerprint density at radius 2 is 2.50 bits per heavy atom. The third-order valence-electron chi connectivity index (χ3n) is 1.66. The lowest BCUT2D eigenvalue weighted by Gasteiger charge is -2.03. The van der Waals surface area contributed by atoms with Gasteiger partial charge in [-0.25, -0.2) is 4.98 Å². The zero-order valence-corrected chi connectivity index (χ0v) is 8.03. The van der Waals surface area contributed by atoms with E-state index in [1.807, 2.05) is 19.1 Å². The predicted molar refractivity (Wildman–Crippen MR) is 55.8 cm³/mol. The zero-order valence-electron chi connectivity index (χ0n) is 8.03. The number of carbonyl (C=O) groups excluding carboxylic acids is 1. The molecule has 0 aromatic carbocycles. The third kappa shape index (κ3) is 2.99. The van der Waals surface area contributed by atoms with Gasteiger partial charge in [0.2, 0.25) is 5.91 Å². The largest absolute Gasteiger partial charge is 0.327 e. The summed E-state index contributed by atoms with van der Waals surface area (Å²) in [5.41, 5.74) is 6.15. The molecule has 0 saturated carbocycles. The van der Waals surface area contributed by atoms with Gasteiger partial charge in [-0.3, -0.25) is 4.79 Å². The lowest BCUT2D eigenvalue weighted by Crippen LogP contribution is -2.11. The predicted octanol–water partition coefficient (Wildman–Crippen LogP) is 0.843. The molecule has 0 radical (unpaired) electrons. The van der Waals surface area contributed by atoms with Gasteiger partial charge in [0, 0.05) is 18.8 Å². The molecule has 74 valence electrons. The summed E-state index contributed by atoms with van der Waals surface area (Å²) in [4.78, 5) is 15.3. The van der Waals surface area contributed by atoms with E-state index in [0.717, 1.165) is 5.56 Å². The van der Waals surface area contributed by atoms with Crippen molar-refractivity contribution < 1.29 is 4.79 Å². The SMILES string of the molecule is Cc1cccnc1NC(=O)/C=C/CN. The van der Waals surface area contributed by atoms with Crippen molar-refractivity contribution in [3.05, 3.63) is 36.0 Å². The van der Waals surface area contributed by atoms with Crippen LogP contribution in [0.25, 0.3) is 0 Å². The molecule has 0 atom stereocenters. The average Bonchev–Trinajstić information content (AvgIpc) is 2.18. The van der Waals surface area contributed by atoms with E-state index in [9.17, 15) is 4.79 Å². The van der Waals surface area contributed by atoms with Gasteiger partial charge < -0.3 is 11.1 Å². The Morgan fingerprint density at radius 1 is 1.71 bits per heavy atom. The minimum atomic E-state index is -0.211. The Morgan fingerprint density at radius 3 is 3.14 bits per heavy atom. The van der Waals surface area contributed by atoms with E-state index in [-0.39, 0.29) is 5.91 Å². The lowest BCUT2D eigenvalue weighted by atomic mass is 10.3. The maximum atomic E-state index is 11.2. The minimum Gasteiger partial charge on any atom is -0.327 e. The molecule has 1 amide bonds. The molecule has 0 aliphatic heterocycles. The summed E-state index contributed by atoms with van der Waals surface area (Å²) in [6, 6.07) is 3.70. The summed E-state index contributed by atoms with van der Waals surface area (Å²) in [5, 5.41) is 2.65. The molecule has 3 N–H and O–H groups in total. The number of hydrogen-bond acceptors (Lipinski definition) is 3. The van der Waals surface area contributed by atoms with Gasteiger partial charge in [-0.2, -0.15) is 0 Å². The van der Waals surface area contributed by atoms with E-state index in [2.05, 4.69) is 10.3 Å². The second-order valence-electron chi connectivity index (χ2n) is 2.80. The second-order valence-corrected chi connectivity index (χ2v) is 2.80. The van der Waals surface area contributed by atoms with Gasteiger partial charge in [-0.05, 0) is 18.6 Å². The van der Waals surface area contributed by atoms with Crippen LogP contribution in [0.3, 0.4) is 0 Å². The Balaban J connectivity index is 2.65. The summed E-state index contributed by atoms with van der Waals surface area (Å²) in [5.74, 6) is 0.372. The second kappa shape index (κ2) is 5.14. The number of amides is 1. The highest BCUT2D eigenvalue weighted by Crippen LogP contribution is 2.08. The monoisotopic (exact) mass is 191 g/mol. The number of nitrogens with one attached hydrogen (secondary N) is 1. The Hall–Kier alpha value is -1.68. The smallest absolute Gasteiger partial charge is 0.249 e. The highest BCUT2D eigenvalue weighted by molar-refractivity contribution is 5.98. The number of pyridine rings is 1. The molecular formula is C10H13N3O. The molecule has 4 heteroatoms. The number of carbonyl (C=O) groups is 1. The van der Waals surface area contributed by atoms with Crippen molar-refractivity contribution in [1.82, 2.24) is 4.98 Å². The van der Waals surface area contributed by atoms with E-state index < -0.39 is 0 Å². The van der Waals surface area contributed by atoms with Crippen molar-refractivity contribution in [2.24, 2.45) is 5.73 Å². The summed E-state index contributed by atoms with van der Waals surface area (Å²) >= 11 is 0. The summed E-state index contributed by atoms with van der Waals surface area (Å²) in [7, 11) is 0. The van der Waals surface area contributed by atoms with Gasteiger partial charge in [0.1, 0.15) is 5.82 Å². The highest BCUT2D eigenvalue weighted by atomic mass is 16.1. The topological polar surface area (TPSA) is 68.0 Å². The van der Waals surface area contributed by atoms with Crippen LogP contribution in [0.4, 0.5) is 5.82 Å². The van der Waals surface area contributed by atoms with Gasteiger partial charge in [0.05, 0.1) is 0 Å². The van der Waals surface area contributed by atoms with Crippen molar-refractivity contribution in [2.45, 2.75) is 6.92 Å². The molecule has 0 saturated heterocycles. The number of aryl methyl sites for hydroxylation is 1. The van der Waals surface area contributed by atoms with Gasteiger partial charge in [-0.15, -0.1) is 0 Å². The van der Waals surface area contributed by atoms with Crippen molar-refractivity contribution >= 4 is 11.7 Å². The van der Waals surface area contributed by atoms with Crippen molar-refractivity contribution in [2.75, 3.05) is 11.9 Å². The van der Waals surface area contributed by atoms with Crippen LogP contribution in [-0.4, -0.2) is 17.4 Å². The van der Waals surface area contributed by atoms with Crippen molar-refractivity contribution in [3.63, 3.8) is 0 Å². The van der Waals surface area contributed by atoms with Crippen molar-refractivity contribution in [3.8, 4) is 0 Å². The van der Waals surface area contributed by atoms with E-state index in [4.69, 9.17) is 5.73 Å². The quantitative estimate of drug-likeness (QED) is 0.696. The van der Waals surface area contributed by atoms with Crippen LogP contribution in [0, 0.1) is 6.92 Å². The molecule has 0 spiro atoms. The standard InChI is InChI=1S/C10H13N3O/c1-8-4-3-7-12-10(8)13-9(14)5-2-6-11/h2-5,7H,6,11H2,1H3,(H,12,13,14)/b5-2+. The van der Waals surface area contributed by atoms with Crippen LogP contribution in [0.1, 0.15) is 5.56 Å². The summed E-state index contributed by atoms with van der Waals surface area (Å²) in [6.45, 7) is 2.24. The van der Waals surface area contributed by atoms with Crippen LogP contribution in [0.5, 0.6) is 0 Å². The maximum absolute atomic E-state index is 11.2. The van der Waals surface area contributed by atoms with Gasteiger partial charge >= 0.3 is 0 Å². The molecule has 1 rings (SSSR count). The van der Waals surface area contributed by atoms with E-state index in [1.165, 1.54) is 6.08 Å². The molecule has 1 aromatic heterocycles. The Labute approximate surface area is 82.8 Å². The molecule has 1 aromatic rings. The molecular weight excluding hydrogens is 178 g/mol. The van der Waals surface area contributed by atoms with Gasteiger partial charge in [0.25, 0.3) is 0 Å². The van der Waals surface area contributed by atoms with Gasteiger partial charge in [0.15, 0.2) is 0 Å². The zero-order chi connectivity index (χ0) is 10.4. The molecule has 0 fully saturated rings. The van der Waals surface area contributed by atoms with Gasteiger partial charge in [-0.1, -0.05) is 12.1 Å². The fraction of sp³-hybridized carbons (Fsp3) is 0.200. The number of rotatable bonds is 3. The molecule has 0 aliphatic carbocycles. The molecule has 14 heavy (non-hydrogen) atoms. The van der Waals surface area contributed by atoms with Crippen LogP contribution in [-0.2, 0) is 4.79 Å². The number of nitrogens with two attached hydrogens (primary N) is 1. The highest BCUT2D eigenvalue weighted by Gasteiger charge is 2.00. The summed E-state index contributed by atoms with van der Waals surface area (Å²) in [6.07, 6.45) is 4.62. The number of nitrogens with zero attached hydrogens (tertiary/aromatic N) is 1. The van der Waals surface area contributed by atoms with Crippen LogP contribution in [0.2, 0.25) is 0 Å². The van der Waals surface area contributed by atoms with Crippen LogP contribution in [0.15, 0.2) is 30.5 Å². The fourth-order valence-electron chi connectivity index (χ4n) is 0.950. The first-order valence-corrected chi connectivity index (χ1v) is 4.33. The molecule has 1 heterocycles. The van der Waals surface area contributed by atoms with E-state index >= 15 is 0 Å². The van der Waals surface area contributed by atoms with Crippen LogP contribution >= 0.6 is 0 Å². The molecule has 0 bridgehead atoms. The number of hydrogen-bond donors (Lipinski definition) is 2. The molecule has 4 nitrogen and oxygen atoms in total. The third-order valence-corrected chi connectivity index (χ3v) is 1.66. The first-order chi connectivity index (χ1) is 6.74. The Kier molecular flexibility index (Phi) is 3.82. The number of anilines is 1. The van der Waals surface area contributed by atoms with Crippen LogP contribution < -0.4 is 11.1 Å². The Bertz CT molecular complexity index is 347. The molecule has 0 unspecified atom stereocenters. The van der Waals surface area contributed by atoms with Crippen molar-refractivity contribution in [1.29, 1.82) is 0 Å².